The number of nitro benzene ring substituents is 1. The molecule has 0 unspecified atom stereocenters. The molecule has 2 aromatic rings. The minimum absolute atomic E-state index is 0.0394. The maximum Gasteiger partial charge on any atom is 0.272 e. The van der Waals surface area contributed by atoms with Crippen LogP contribution in [0, 0.1) is 10.1 Å². The predicted molar refractivity (Wildman–Crippen MR) is 78.4 cm³/mol. The Morgan fingerprint density at radius 2 is 1.67 bits per heavy atom. The Bertz CT molecular complexity index is 892. The van der Waals surface area contributed by atoms with Crippen LogP contribution >= 0.6 is 0 Å². The monoisotopic (exact) mass is 287 g/mol. The largest absolute Gasteiger partial charge is 0.316 e. The molecule has 0 fully saturated rings. The number of nitro groups is 1. The van der Waals surface area contributed by atoms with Gasteiger partial charge in [-0.3, -0.25) is 19.7 Å². The molecule has 108 valence electrons. The summed E-state index contributed by atoms with van der Waals surface area (Å²) in [6.45, 7) is 1.86. The SMILES string of the molecule is CCC=c1[nH]c(=O)c(=Cc2ccc([N+](=O)[O-])cc2)[nH]c1=O. The fraction of sp³-hybridized carbons (Fsp3) is 0.143. The van der Waals surface area contributed by atoms with Crippen molar-refractivity contribution in [3.63, 3.8) is 0 Å². The molecule has 0 aliphatic carbocycles. The van der Waals surface area contributed by atoms with Crippen molar-refractivity contribution < 1.29 is 4.92 Å². The highest BCUT2D eigenvalue weighted by Crippen LogP contribution is 2.11. The molecule has 0 amide bonds. The molecule has 0 spiro atoms. The summed E-state index contributed by atoms with van der Waals surface area (Å²) >= 11 is 0. The van der Waals surface area contributed by atoms with Gasteiger partial charge in [0.1, 0.15) is 10.7 Å². The highest BCUT2D eigenvalue weighted by Gasteiger charge is 2.03. The molecule has 0 saturated carbocycles. The molecule has 0 atom stereocenters. The van der Waals surface area contributed by atoms with E-state index in [9.17, 15) is 19.7 Å². The summed E-state index contributed by atoms with van der Waals surface area (Å²) in [5.41, 5.74) is -0.270. The maximum absolute atomic E-state index is 11.9. The van der Waals surface area contributed by atoms with Gasteiger partial charge in [0.25, 0.3) is 16.8 Å². The second kappa shape index (κ2) is 6.00. The van der Waals surface area contributed by atoms with Gasteiger partial charge in [0, 0.05) is 12.1 Å². The Kier molecular flexibility index (Phi) is 4.13. The molecule has 0 bridgehead atoms. The van der Waals surface area contributed by atoms with Crippen LogP contribution < -0.4 is 21.8 Å². The number of rotatable bonds is 3. The molecule has 0 aliphatic heterocycles. The van der Waals surface area contributed by atoms with Crippen molar-refractivity contribution in [3.05, 3.63) is 71.3 Å². The van der Waals surface area contributed by atoms with E-state index in [0.717, 1.165) is 0 Å². The summed E-state index contributed by atoms with van der Waals surface area (Å²) < 4.78 is 0. The molecule has 1 aromatic heterocycles. The number of aromatic nitrogens is 2. The Morgan fingerprint density at radius 3 is 2.24 bits per heavy atom. The zero-order chi connectivity index (χ0) is 15.4. The third-order valence-corrected chi connectivity index (χ3v) is 2.81. The van der Waals surface area contributed by atoms with Crippen molar-refractivity contribution in [2.75, 3.05) is 0 Å². The first-order valence-electron chi connectivity index (χ1n) is 6.30. The Morgan fingerprint density at radius 1 is 1.10 bits per heavy atom. The molecule has 1 heterocycles. The van der Waals surface area contributed by atoms with E-state index in [1.54, 1.807) is 6.08 Å². The van der Waals surface area contributed by atoms with Gasteiger partial charge in [-0.1, -0.05) is 13.0 Å². The van der Waals surface area contributed by atoms with Crippen molar-refractivity contribution in [2.45, 2.75) is 13.3 Å². The lowest BCUT2D eigenvalue weighted by Gasteiger charge is -1.94. The first kappa shape index (κ1) is 14.4. The Hall–Kier alpha value is -2.96. The van der Waals surface area contributed by atoms with E-state index in [1.165, 1.54) is 30.3 Å². The maximum atomic E-state index is 11.9. The van der Waals surface area contributed by atoms with Crippen molar-refractivity contribution in [3.8, 4) is 0 Å². The van der Waals surface area contributed by atoms with Crippen molar-refractivity contribution in [1.82, 2.24) is 9.97 Å². The molecule has 0 aliphatic rings. The third-order valence-electron chi connectivity index (χ3n) is 2.81. The van der Waals surface area contributed by atoms with E-state index in [2.05, 4.69) is 9.97 Å². The standard InChI is InChI=1S/C14H13N3O4/c1-2-3-11-13(18)16-12(14(19)15-11)8-9-4-6-10(7-5-9)17(20)21/h3-8H,2H2,1H3,(H,15,19)(H,16,18). The fourth-order valence-electron chi connectivity index (χ4n) is 1.80. The van der Waals surface area contributed by atoms with E-state index in [1.807, 2.05) is 6.92 Å². The van der Waals surface area contributed by atoms with Crippen LogP contribution in [-0.2, 0) is 0 Å². The Labute approximate surface area is 118 Å². The van der Waals surface area contributed by atoms with Crippen LogP contribution in [0.4, 0.5) is 5.69 Å². The third kappa shape index (κ3) is 3.33. The summed E-state index contributed by atoms with van der Waals surface area (Å²) in [5, 5.41) is 10.9. The molecule has 0 radical (unpaired) electrons. The number of aromatic amines is 2. The molecule has 2 rings (SSSR count). The van der Waals surface area contributed by atoms with E-state index >= 15 is 0 Å². The summed E-state index contributed by atoms with van der Waals surface area (Å²) in [6.07, 6.45) is 3.71. The fourth-order valence-corrected chi connectivity index (χ4v) is 1.80. The first-order chi connectivity index (χ1) is 10.0. The zero-order valence-electron chi connectivity index (χ0n) is 11.3. The van der Waals surface area contributed by atoms with Gasteiger partial charge in [-0.25, -0.2) is 0 Å². The Balaban J connectivity index is 2.54. The van der Waals surface area contributed by atoms with Gasteiger partial charge >= 0.3 is 0 Å². The van der Waals surface area contributed by atoms with Crippen LogP contribution in [0.15, 0.2) is 33.9 Å². The molecule has 0 saturated heterocycles. The number of nitrogens with zero attached hydrogens (tertiary/aromatic N) is 1. The van der Waals surface area contributed by atoms with Crippen LogP contribution in [0.3, 0.4) is 0 Å². The summed E-state index contributed by atoms with van der Waals surface area (Å²) in [7, 11) is 0. The highest BCUT2D eigenvalue weighted by atomic mass is 16.6. The average Bonchev–Trinajstić information content (AvgIpc) is 2.45. The van der Waals surface area contributed by atoms with Crippen molar-refractivity contribution in [1.29, 1.82) is 0 Å². The van der Waals surface area contributed by atoms with Crippen LogP contribution in [0.5, 0.6) is 0 Å². The number of benzene rings is 1. The minimum Gasteiger partial charge on any atom is -0.316 e. The van der Waals surface area contributed by atoms with Gasteiger partial charge in [-0.2, -0.15) is 0 Å². The quantitative estimate of drug-likeness (QED) is 0.611. The molecule has 21 heavy (non-hydrogen) atoms. The predicted octanol–water partition coefficient (Wildman–Crippen LogP) is -0.00930. The van der Waals surface area contributed by atoms with Crippen LogP contribution in [-0.4, -0.2) is 14.9 Å². The molecule has 7 nitrogen and oxygen atoms in total. The second-order valence-electron chi connectivity index (χ2n) is 4.34. The smallest absolute Gasteiger partial charge is 0.272 e. The summed E-state index contributed by atoms with van der Waals surface area (Å²) in [4.78, 5) is 38.7. The van der Waals surface area contributed by atoms with E-state index in [4.69, 9.17) is 0 Å². The summed E-state index contributed by atoms with van der Waals surface area (Å²) in [5.74, 6) is 0. The highest BCUT2D eigenvalue weighted by molar-refractivity contribution is 5.50. The molecular formula is C14H13N3O4. The summed E-state index contributed by atoms with van der Waals surface area (Å²) in [6, 6.07) is 5.67. The second-order valence-corrected chi connectivity index (χ2v) is 4.34. The van der Waals surface area contributed by atoms with E-state index in [-0.39, 0.29) is 21.9 Å². The number of hydrogen-bond donors (Lipinski definition) is 2. The van der Waals surface area contributed by atoms with Gasteiger partial charge in [-0.05, 0) is 30.2 Å². The number of non-ortho nitro benzene ring substituents is 1. The van der Waals surface area contributed by atoms with Gasteiger partial charge in [0.2, 0.25) is 0 Å². The lowest BCUT2D eigenvalue weighted by molar-refractivity contribution is -0.384. The number of nitrogens with one attached hydrogen (secondary N) is 2. The van der Waals surface area contributed by atoms with Crippen LogP contribution in [0.2, 0.25) is 0 Å². The van der Waals surface area contributed by atoms with Gasteiger partial charge < -0.3 is 9.97 Å². The van der Waals surface area contributed by atoms with Gasteiger partial charge in [-0.15, -0.1) is 0 Å². The topological polar surface area (TPSA) is 109 Å². The zero-order valence-corrected chi connectivity index (χ0v) is 11.3. The van der Waals surface area contributed by atoms with Crippen LogP contribution in [0.1, 0.15) is 18.9 Å². The molecule has 7 heteroatoms. The van der Waals surface area contributed by atoms with Crippen molar-refractivity contribution >= 4 is 17.8 Å². The number of H-pyrrole nitrogens is 2. The normalized spacial score (nSPS) is 12.6. The van der Waals surface area contributed by atoms with Gasteiger partial charge in [0.05, 0.1) is 4.92 Å². The minimum atomic E-state index is -0.506. The van der Waals surface area contributed by atoms with Crippen LogP contribution in [0.25, 0.3) is 12.2 Å². The van der Waals surface area contributed by atoms with Crippen molar-refractivity contribution in [2.24, 2.45) is 0 Å². The van der Waals surface area contributed by atoms with E-state index in [0.29, 0.717) is 12.0 Å². The van der Waals surface area contributed by atoms with E-state index < -0.39 is 10.5 Å². The lowest BCUT2D eigenvalue weighted by atomic mass is 10.2. The molecule has 2 N–H and O–H groups in total. The molecule has 1 aromatic carbocycles. The lowest BCUT2D eigenvalue weighted by Crippen LogP contribution is -2.46. The molecular weight excluding hydrogens is 274 g/mol. The van der Waals surface area contributed by atoms with Gasteiger partial charge in [0.15, 0.2) is 0 Å². The number of hydrogen-bond acceptors (Lipinski definition) is 4. The first-order valence-corrected chi connectivity index (χ1v) is 6.30. The average molecular weight is 287 g/mol.